The Morgan fingerprint density at radius 1 is 1.50 bits per heavy atom. The van der Waals surface area contributed by atoms with Crippen LogP contribution in [0, 0.1) is 0 Å². The summed E-state index contributed by atoms with van der Waals surface area (Å²) in [6.07, 6.45) is 0.0302. The quantitative estimate of drug-likeness (QED) is 0.788. The van der Waals surface area contributed by atoms with E-state index in [1.165, 1.54) is 0 Å². The summed E-state index contributed by atoms with van der Waals surface area (Å²) in [6, 6.07) is 3.54. The lowest BCUT2D eigenvalue weighted by atomic mass is 10.4. The highest BCUT2D eigenvalue weighted by Crippen LogP contribution is 2.21. The van der Waals surface area contributed by atoms with Gasteiger partial charge in [0.25, 0.3) is 0 Å². The molecule has 18 heavy (non-hydrogen) atoms. The van der Waals surface area contributed by atoms with Crippen LogP contribution >= 0.6 is 0 Å². The van der Waals surface area contributed by atoms with E-state index in [1.54, 1.807) is 12.1 Å². The van der Waals surface area contributed by atoms with Crippen LogP contribution in [0.2, 0.25) is 0 Å². The van der Waals surface area contributed by atoms with Crippen LogP contribution in [0.3, 0.4) is 0 Å². The van der Waals surface area contributed by atoms with Crippen molar-refractivity contribution >= 4 is 22.3 Å². The van der Waals surface area contributed by atoms with E-state index in [1.807, 2.05) is 20.8 Å². The van der Waals surface area contributed by atoms with Gasteiger partial charge in [0.05, 0.1) is 11.8 Å². The largest absolute Gasteiger partial charge is 0.473 e. The van der Waals surface area contributed by atoms with Gasteiger partial charge in [0.1, 0.15) is 5.82 Å². The SMILES string of the molecule is CCS(=O)CCNc1ccc(N)c(OC(C)C)n1. The predicted octanol–water partition coefficient (Wildman–Crippen LogP) is 1.63. The maximum absolute atomic E-state index is 11.3. The lowest BCUT2D eigenvalue weighted by Crippen LogP contribution is -2.14. The Balaban J connectivity index is 2.58. The molecule has 0 aromatic carbocycles. The Labute approximate surface area is 111 Å². The number of rotatable bonds is 7. The fourth-order valence-electron chi connectivity index (χ4n) is 1.30. The molecule has 6 heteroatoms. The Kier molecular flexibility index (Phi) is 5.91. The van der Waals surface area contributed by atoms with E-state index >= 15 is 0 Å². The average molecular weight is 271 g/mol. The molecule has 1 aromatic rings. The summed E-state index contributed by atoms with van der Waals surface area (Å²) in [4.78, 5) is 4.28. The first-order valence-electron chi connectivity index (χ1n) is 6.05. The molecule has 102 valence electrons. The molecule has 0 fully saturated rings. The van der Waals surface area contributed by atoms with Crippen LogP contribution in [0.5, 0.6) is 5.88 Å². The number of aromatic nitrogens is 1. The van der Waals surface area contributed by atoms with E-state index in [-0.39, 0.29) is 6.10 Å². The number of nitrogen functional groups attached to an aromatic ring is 1. The molecular weight excluding hydrogens is 250 g/mol. The molecule has 1 rings (SSSR count). The first kappa shape index (κ1) is 14.8. The van der Waals surface area contributed by atoms with Gasteiger partial charge in [-0.2, -0.15) is 4.98 Å². The molecule has 0 aliphatic heterocycles. The molecule has 0 aliphatic carbocycles. The maximum Gasteiger partial charge on any atom is 0.239 e. The van der Waals surface area contributed by atoms with E-state index in [0.717, 1.165) is 0 Å². The van der Waals surface area contributed by atoms with Crippen molar-refractivity contribution in [1.29, 1.82) is 0 Å². The summed E-state index contributed by atoms with van der Waals surface area (Å²) >= 11 is 0. The molecular formula is C12H21N3O2S. The van der Waals surface area contributed by atoms with Crippen molar-refractivity contribution in [3.8, 4) is 5.88 Å². The third kappa shape index (κ3) is 4.91. The maximum atomic E-state index is 11.3. The van der Waals surface area contributed by atoms with Crippen molar-refractivity contribution in [3.05, 3.63) is 12.1 Å². The molecule has 1 atom stereocenters. The number of nitrogens with one attached hydrogen (secondary N) is 1. The smallest absolute Gasteiger partial charge is 0.239 e. The summed E-state index contributed by atoms with van der Waals surface area (Å²) < 4.78 is 16.8. The summed E-state index contributed by atoms with van der Waals surface area (Å²) in [5.74, 6) is 2.42. The van der Waals surface area contributed by atoms with Gasteiger partial charge in [-0.15, -0.1) is 0 Å². The Morgan fingerprint density at radius 3 is 2.83 bits per heavy atom. The predicted molar refractivity (Wildman–Crippen MR) is 76.5 cm³/mol. The van der Waals surface area contributed by atoms with Crippen LogP contribution in [-0.4, -0.2) is 33.3 Å². The number of nitrogens with two attached hydrogens (primary N) is 1. The fourth-order valence-corrected chi connectivity index (χ4v) is 1.92. The second-order valence-electron chi connectivity index (χ2n) is 4.12. The lowest BCUT2D eigenvalue weighted by molar-refractivity contribution is 0.234. The molecule has 0 aliphatic rings. The minimum absolute atomic E-state index is 0.0302. The van der Waals surface area contributed by atoms with Gasteiger partial charge < -0.3 is 15.8 Å². The molecule has 1 unspecified atom stereocenters. The van der Waals surface area contributed by atoms with Crippen LogP contribution in [-0.2, 0) is 10.8 Å². The van der Waals surface area contributed by atoms with E-state index in [0.29, 0.717) is 35.4 Å². The van der Waals surface area contributed by atoms with Gasteiger partial charge in [-0.3, -0.25) is 4.21 Å². The molecule has 5 nitrogen and oxygen atoms in total. The molecule has 0 bridgehead atoms. The molecule has 0 saturated carbocycles. The van der Waals surface area contributed by atoms with Crippen molar-refractivity contribution in [1.82, 2.24) is 4.98 Å². The standard InChI is InChI=1S/C12H21N3O2S/c1-4-18(16)8-7-14-11-6-5-10(13)12(15-11)17-9(2)3/h5-6,9H,4,7-8,13H2,1-3H3,(H,14,15). The van der Waals surface area contributed by atoms with E-state index < -0.39 is 10.8 Å². The van der Waals surface area contributed by atoms with Crippen LogP contribution in [0.15, 0.2) is 12.1 Å². The highest BCUT2D eigenvalue weighted by molar-refractivity contribution is 7.84. The minimum atomic E-state index is -0.766. The minimum Gasteiger partial charge on any atom is -0.473 e. The van der Waals surface area contributed by atoms with Crippen LogP contribution in [0.1, 0.15) is 20.8 Å². The molecule has 1 heterocycles. The second kappa shape index (κ2) is 7.20. The number of hydrogen-bond donors (Lipinski definition) is 2. The number of hydrogen-bond acceptors (Lipinski definition) is 5. The topological polar surface area (TPSA) is 77.2 Å². The van der Waals surface area contributed by atoms with Crippen molar-refractivity contribution in [2.75, 3.05) is 29.1 Å². The van der Waals surface area contributed by atoms with Gasteiger partial charge in [0.2, 0.25) is 5.88 Å². The zero-order valence-electron chi connectivity index (χ0n) is 11.1. The van der Waals surface area contributed by atoms with E-state index in [4.69, 9.17) is 10.5 Å². The number of ether oxygens (including phenoxy) is 1. The van der Waals surface area contributed by atoms with E-state index in [9.17, 15) is 4.21 Å². The third-order valence-electron chi connectivity index (χ3n) is 2.19. The molecule has 3 N–H and O–H groups in total. The summed E-state index contributed by atoms with van der Waals surface area (Å²) in [7, 11) is -0.766. The number of anilines is 2. The molecule has 0 radical (unpaired) electrons. The fraction of sp³-hybridized carbons (Fsp3) is 0.583. The molecule has 0 spiro atoms. The molecule has 0 saturated heterocycles. The lowest BCUT2D eigenvalue weighted by Gasteiger charge is -2.12. The molecule has 0 amide bonds. The van der Waals surface area contributed by atoms with Gasteiger partial charge in [0.15, 0.2) is 0 Å². The third-order valence-corrected chi connectivity index (χ3v) is 3.50. The highest BCUT2D eigenvalue weighted by Gasteiger charge is 2.06. The van der Waals surface area contributed by atoms with Crippen LogP contribution in [0.25, 0.3) is 0 Å². The van der Waals surface area contributed by atoms with Crippen LogP contribution < -0.4 is 15.8 Å². The summed E-state index contributed by atoms with van der Waals surface area (Å²) in [6.45, 7) is 6.38. The van der Waals surface area contributed by atoms with Gasteiger partial charge >= 0.3 is 0 Å². The monoisotopic (exact) mass is 271 g/mol. The zero-order chi connectivity index (χ0) is 13.5. The Morgan fingerprint density at radius 2 is 2.22 bits per heavy atom. The first-order chi connectivity index (χ1) is 8.52. The highest BCUT2D eigenvalue weighted by atomic mass is 32.2. The van der Waals surface area contributed by atoms with Crippen molar-refractivity contribution in [2.24, 2.45) is 0 Å². The van der Waals surface area contributed by atoms with Crippen molar-refractivity contribution in [2.45, 2.75) is 26.9 Å². The van der Waals surface area contributed by atoms with Crippen molar-refractivity contribution < 1.29 is 8.95 Å². The van der Waals surface area contributed by atoms with Gasteiger partial charge in [-0.1, -0.05) is 6.92 Å². The number of pyridine rings is 1. The average Bonchev–Trinajstić information content (AvgIpc) is 2.32. The van der Waals surface area contributed by atoms with E-state index in [2.05, 4.69) is 10.3 Å². The van der Waals surface area contributed by atoms with Gasteiger partial charge in [0, 0.05) is 28.9 Å². The zero-order valence-corrected chi connectivity index (χ0v) is 11.9. The van der Waals surface area contributed by atoms with Gasteiger partial charge in [-0.25, -0.2) is 0 Å². The van der Waals surface area contributed by atoms with Crippen molar-refractivity contribution in [3.63, 3.8) is 0 Å². The first-order valence-corrected chi connectivity index (χ1v) is 7.53. The summed E-state index contributed by atoms with van der Waals surface area (Å²) in [5, 5.41) is 3.11. The second-order valence-corrected chi connectivity index (χ2v) is 5.98. The Hall–Kier alpha value is -1.30. The van der Waals surface area contributed by atoms with Crippen LogP contribution in [0.4, 0.5) is 11.5 Å². The summed E-state index contributed by atoms with van der Waals surface area (Å²) in [5.41, 5.74) is 6.29. The molecule has 1 aromatic heterocycles. The van der Waals surface area contributed by atoms with Gasteiger partial charge in [-0.05, 0) is 26.0 Å². The number of nitrogens with zero attached hydrogens (tertiary/aromatic N) is 1. The Bertz CT molecular complexity index is 410. The normalized spacial score (nSPS) is 12.4.